The minimum Gasteiger partial charge on any atom is -0.384 e. The summed E-state index contributed by atoms with van der Waals surface area (Å²) in [5.74, 6) is 0. The number of hydrogen-bond donors (Lipinski definition) is 1. The first-order valence-corrected chi connectivity index (χ1v) is 9.76. The molecule has 26 heavy (non-hydrogen) atoms. The van der Waals surface area contributed by atoms with E-state index in [9.17, 15) is 5.11 Å². The second kappa shape index (κ2) is 7.78. The van der Waals surface area contributed by atoms with E-state index in [-0.39, 0.29) is 0 Å². The van der Waals surface area contributed by atoms with Crippen LogP contribution in [0.25, 0.3) is 0 Å². The zero-order chi connectivity index (χ0) is 17.8. The molecule has 2 saturated heterocycles. The molecule has 0 amide bonds. The number of piperazine rings is 1. The lowest BCUT2D eigenvalue weighted by Crippen LogP contribution is -2.48. The number of benzene rings is 2. The van der Waals surface area contributed by atoms with Crippen LogP contribution in [0.15, 0.2) is 60.7 Å². The predicted molar refractivity (Wildman–Crippen MR) is 106 cm³/mol. The van der Waals surface area contributed by atoms with Gasteiger partial charge in [0.1, 0.15) is 5.60 Å². The number of para-hydroxylation sites is 1. The van der Waals surface area contributed by atoms with E-state index < -0.39 is 5.60 Å². The monoisotopic (exact) mass is 351 g/mol. The average molecular weight is 351 g/mol. The van der Waals surface area contributed by atoms with Gasteiger partial charge >= 0.3 is 0 Å². The molecule has 1 atom stereocenters. The van der Waals surface area contributed by atoms with Gasteiger partial charge in [0.25, 0.3) is 0 Å². The number of nitrogens with zero attached hydrogens (tertiary/aromatic N) is 3. The van der Waals surface area contributed by atoms with E-state index in [1.165, 1.54) is 5.69 Å². The van der Waals surface area contributed by atoms with Gasteiger partial charge in [0.15, 0.2) is 0 Å². The van der Waals surface area contributed by atoms with Crippen molar-refractivity contribution in [3.63, 3.8) is 0 Å². The first-order valence-electron chi connectivity index (χ1n) is 9.76. The zero-order valence-corrected chi connectivity index (χ0v) is 15.4. The zero-order valence-electron chi connectivity index (χ0n) is 15.4. The van der Waals surface area contributed by atoms with Crippen molar-refractivity contribution in [3.05, 3.63) is 66.2 Å². The number of anilines is 1. The Bertz CT molecular complexity index is 685. The Hall–Kier alpha value is -1.88. The van der Waals surface area contributed by atoms with Crippen LogP contribution in [-0.4, -0.2) is 67.3 Å². The van der Waals surface area contributed by atoms with Crippen molar-refractivity contribution in [2.75, 3.05) is 57.3 Å². The highest BCUT2D eigenvalue weighted by atomic mass is 16.3. The van der Waals surface area contributed by atoms with Crippen molar-refractivity contribution in [1.82, 2.24) is 9.80 Å². The molecule has 0 bridgehead atoms. The van der Waals surface area contributed by atoms with Crippen LogP contribution in [-0.2, 0) is 5.60 Å². The lowest BCUT2D eigenvalue weighted by molar-refractivity contribution is 0.0449. The van der Waals surface area contributed by atoms with Crippen LogP contribution in [0.4, 0.5) is 5.69 Å². The molecule has 4 nitrogen and oxygen atoms in total. The normalized spacial score (nSPS) is 24.9. The van der Waals surface area contributed by atoms with Crippen molar-refractivity contribution in [3.8, 4) is 0 Å². The van der Waals surface area contributed by atoms with Gasteiger partial charge in [-0.1, -0.05) is 48.5 Å². The maximum atomic E-state index is 11.0. The Morgan fingerprint density at radius 2 is 1.35 bits per heavy atom. The fourth-order valence-electron chi connectivity index (χ4n) is 4.20. The summed E-state index contributed by atoms with van der Waals surface area (Å²) >= 11 is 0. The summed E-state index contributed by atoms with van der Waals surface area (Å²) in [7, 11) is 0. The topological polar surface area (TPSA) is 30.0 Å². The third kappa shape index (κ3) is 3.93. The second-order valence-electron chi connectivity index (χ2n) is 7.59. The highest BCUT2D eigenvalue weighted by Gasteiger charge is 2.37. The Kier molecular flexibility index (Phi) is 5.25. The maximum Gasteiger partial charge on any atom is 0.103 e. The molecule has 1 N–H and O–H groups in total. The molecule has 0 saturated carbocycles. The van der Waals surface area contributed by atoms with Crippen LogP contribution in [0.5, 0.6) is 0 Å². The van der Waals surface area contributed by atoms with Crippen molar-refractivity contribution in [2.45, 2.75) is 12.0 Å². The third-order valence-corrected chi connectivity index (χ3v) is 5.86. The van der Waals surface area contributed by atoms with Gasteiger partial charge in [-0.25, -0.2) is 0 Å². The van der Waals surface area contributed by atoms with E-state index in [1.54, 1.807) is 0 Å². The van der Waals surface area contributed by atoms with Gasteiger partial charge in [-0.2, -0.15) is 0 Å². The van der Waals surface area contributed by atoms with Gasteiger partial charge in [-0.05, 0) is 24.1 Å². The Labute approximate surface area is 156 Å². The number of aliphatic hydroxyl groups is 1. The summed E-state index contributed by atoms with van der Waals surface area (Å²) in [6, 6.07) is 20.8. The Balaban J connectivity index is 1.23. The summed E-state index contributed by atoms with van der Waals surface area (Å²) in [4.78, 5) is 7.44. The quantitative estimate of drug-likeness (QED) is 0.896. The minimum atomic E-state index is -0.673. The number of hydrogen-bond acceptors (Lipinski definition) is 4. The van der Waals surface area contributed by atoms with E-state index >= 15 is 0 Å². The van der Waals surface area contributed by atoms with E-state index in [0.29, 0.717) is 0 Å². The molecular formula is C22H29N3O. The van der Waals surface area contributed by atoms with E-state index in [4.69, 9.17) is 0 Å². The highest BCUT2D eigenvalue weighted by molar-refractivity contribution is 5.46. The van der Waals surface area contributed by atoms with Crippen LogP contribution in [0.3, 0.4) is 0 Å². The van der Waals surface area contributed by atoms with E-state index in [1.807, 2.05) is 30.3 Å². The molecule has 2 heterocycles. The third-order valence-electron chi connectivity index (χ3n) is 5.86. The number of likely N-dealkylation sites (tertiary alicyclic amines) is 1. The number of β-amino-alcohol motifs (C(OH)–C–C–N with tert-alkyl or cyclic N) is 1. The molecule has 0 spiro atoms. The van der Waals surface area contributed by atoms with Crippen LogP contribution in [0, 0.1) is 0 Å². The summed E-state index contributed by atoms with van der Waals surface area (Å²) < 4.78 is 0. The molecule has 0 radical (unpaired) electrons. The standard InChI is InChI=1S/C22H29N3O/c26-22(20-7-3-1-4-8-20)11-12-24(19-22)14-13-23-15-17-25(18-16-23)21-9-5-2-6-10-21/h1-10,26H,11-19H2/t22-/m0/s1. The molecule has 2 aromatic carbocycles. The van der Waals surface area contributed by atoms with Crippen molar-refractivity contribution < 1.29 is 5.11 Å². The maximum absolute atomic E-state index is 11.0. The fraction of sp³-hybridized carbons (Fsp3) is 0.455. The van der Waals surface area contributed by atoms with Crippen LogP contribution >= 0.6 is 0 Å². The van der Waals surface area contributed by atoms with Gasteiger partial charge < -0.3 is 10.0 Å². The summed E-state index contributed by atoms with van der Waals surface area (Å²) in [5, 5.41) is 11.0. The fourth-order valence-corrected chi connectivity index (χ4v) is 4.20. The number of rotatable bonds is 5. The minimum absolute atomic E-state index is 0.673. The van der Waals surface area contributed by atoms with Gasteiger partial charge in [-0.3, -0.25) is 9.80 Å². The molecule has 0 unspecified atom stereocenters. The molecule has 4 rings (SSSR count). The molecule has 2 aromatic rings. The molecule has 4 heteroatoms. The molecule has 2 aliphatic rings. The Morgan fingerprint density at radius 3 is 2.04 bits per heavy atom. The molecule has 0 aliphatic carbocycles. The largest absolute Gasteiger partial charge is 0.384 e. The van der Waals surface area contributed by atoms with Gasteiger partial charge in [0, 0.05) is 58.0 Å². The van der Waals surface area contributed by atoms with Crippen molar-refractivity contribution >= 4 is 5.69 Å². The smallest absolute Gasteiger partial charge is 0.103 e. The van der Waals surface area contributed by atoms with Gasteiger partial charge in [0.05, 0.1) is 0 Å². The van der Waals surface area contributed by atoms with Crippen LogP contribution in [0.2, 0.25) is 0 Å². The summed E-state index contributed by atoms with van der Waals surface area (Å²) in [6.45, 7) is 8.29. The molecule has 2 aliphatic heterocycles. The average Bonchev–Trinajstić information content (AvgIpc) is 3.11. The summed E-state index contributed by atoms with van der Waals surface area (Å²) in [6.07, 6.45) is 0.832. The van der Waals surface area contributed by atoms with Crippen LogP contribution in [0.1, 0.15) is 12.0 Å². The Morgan fingerprint density at radius 1 is 0.731 bits per heavy atom. The van der Waals surface area contributed by atoms with Gasteiger partial charge in [0.2, 0.25) is 0 Å². The van der Waals surface area contributed by atoms with E-state index in [2.05, 4.69) is 45.0 Å². The lowest BCUT2D eigenvalue weighted by Gasteiger charge is -2.36. The first-order chi connectivity index (χ1) is 12.7. The molecule has 0 aromatic heterocycles. The van der Waals surface area contributed by atoms with E-state index in [0.717, 1.165) is 64.3 Å². The summed E-state index contributed by atoms with van der Waals surface area (Å²) in [5.41, 5.74) is 1.71. The first kappa shape index (κ1) is 17.5. The second-order valence-corrected chi connectivity index (χ2v) is 7.59. The predicted octanol–water partition coefficient (Wildman–Crippen LogP) is 2.40. The van der Waals surface area contributed by atoms with Gasteiger partial charge in [-0.15, -0.1) is 0 Å². The molecule has 2 fully saturated rings. The van der Waals surface area contributed by atoms with Crippen LogP contribution < -0.4 is 4.90 Å². The van der Waals surface area contributed by atoms with Crippen molar-refractivity contribution in [2.24, 2.45) is 0 Å². The van der Waals surface area contributed by atoms with Crippen molar-refractivity contribution in [1.29, 1.82) is 0 Å². The SMILES string of the molecule is O[C@@]1(c2ccccc2)CCN(CCN2CCN(c3ccccc3)CC2)C1. The molecule has 138 valence electrons. The molecular weight excluding hydrogens is 322 g/mol. The highest BCUT2D eigenvalue weighted by Crippen LogP contribution is 2.31. The lowest BCUT2D eigenvalue weighted by atomic mass is 9.93.